The first-order valence-electron chi connectivity index (χ1n) is 12.4. The Morgan fingerprint density at radius 1 is 1.00 bits per heavy atom. The number of hydrogen-bond acceptors (Lipinski definition) is 3. The van der Waals surface area contributed by atoms with Crippen molar-refractivity contribution in [2.45, 2.75) is 84.2 Å². The average molecular weight is 421 g/mol. The van der Waals surface area contributed by atoms with Crippen LogP contribution in [0, 0.1) is 28.6 Å². The number of benzene rings is 1. The van der Waals surface area contributed by atoms with Crippen LogP contribution in [0.15, 0.2) is 42.0 Å². The van der Waals surface area contributed by atoms with Gasteiger partial charge >= 0.3 is 5.97 Å². The van der Waals surface area contributed by atoms with Crippen LogP contribution >= 0.6 is 0 Å². The molecule has 4 aliphatic carbocycles. The molecule has 0 amide bonds. The van der Waals surface area contributed by atoms with Crippen LogP contribution in [0.2, 0.25) is 0 Å². The first-order chi connectivity index (χ1) is 14.9. The predicted octanol–water partition coefficient (Wildman–Crippen LogP) is 6.06. The molecule has 1 aromatic rings. The maximum absolute atomic E-state index is 12.7. The summed E-state index contributed by atoms with van der Waals surface area (Å²) < 4.78 is 6.14. The Morgan fingerprint density at radius 2 is 1.81 bits per heavy atom. The number of ether oxygens (including phenoxy) is 1. The van der Waals surface area contributed by atoms with Crippen molar-refractivity contribution in [2.75, 3.05) is 0 Å². The van der Waals surface area contributed by atoms with Crippen LogP contribution in [0.3, 0.4) is 0 Å². The van der Waals surface area contributed by atoms with Gasteiger partial charge in [0.05, 0.1) is 0 Å². The number of carbonyl (C=O) groups is 2. The van der Waals surface area contributed by atoms with Crippen molar-refractivity contribution in [1.82, 2.24) is 0 Å². The number of carbonyl (C=O) groups excluding carboxylic acids is 2. The van der Waals surface area contributed by atoms with Gasteiger partial charge in [-0.2, -0.15) is 0 Å². The Kier molecular flexibility index (Phi) is 5.35. The van der Waals surface area contributed by atoms with Crippen LogP contribution in [0.1, 0.15) is 77.2 Å². The predicted molar refractivity (Wildman–Crippen MR) is 121 cm³/mol. The van der Waals surface area contributed by atoms with E-state index in [0.29, 0.717) is 36.4 Å². The Hall–Kier alpha value is -1.90. The zero-order valence-corrected chi connectivity index (χ0v) is 19.1. The second kappa shape index (κ2) is 7.90. The monoisotopic (exact) mass is 420 g/mol. The Bertz CT molecular complexity index is 887. The van der Waals surface area contributed by atoms with Crippen LogP contribution in [0.5, 0.6) is 0 Å². The highest BCUT2D eigenvalue weighted by Crippen LogP contribution is 2.65. The zero-order valence-electron chi connectivity index (χ0n) is 19.1. The fourth-order valence-electron chi connectivity index (χ4n) is 7.81. The van der Waals surface area contributed by atoms with E-state index < -0.39 is 0 Å². The van der Waals surface area contributed by atoms with Gasteiger partial charge in [-0.1, -0.05) is 49.8 Å². The fraction of sp³-hybridized carbons (Fsp3) is 0.643. The van der Waals surface area contributed by atoms with Gasteiger partial charge in [0.25, 0.3) is 0 Å². The van der Waals surface area contributed by atoms with E-state index in [2.05, 4.69) is 26.0 Å². The van der Waals surface area contributed by atoms with E-state index in [4.69, 9.17) is 4.74 Å². The molecule has 4 aliphatic rings. The fourth-order valence-corrected chi connectivity index (χ4v) is 7.81. The van der Waals surface area contributed by atoms with Gasteiger partial charge in [0.2, 0.25) is 0 Å². The van der Waals surface area contributed by atoms with Crippen LogP contribution in [0.4, 0.5) is 0 Å². The maximum Gasteiger partial charge on any atom is 0.306 e. The molecule has 3 heteroatoms. The Labute approximate surface area is 186 Å². The lowest BCUT2D eigenvalue weighted by Crippen LogP contribution is -2.51. The molecule has 0 N–H and O–H groups in total. The van der Waals surface area contributed by atoms with Crippen molar-refractivity contribution < 1.29 is 14.3 Å². The molecule has 0 spiro atoms. The molecule has 5 rings (SSSR count). The topological polar surface area (TPSA) is 43.4 Å². The van der Waals surface area contributed by atoms with E-state index in [9.17, 15) is 9.59 Å². The average Bonchev–Trinajstić information content (AvgIpc) is 3.10. The van der Waals surface area contributed by atoms with Gasteiger partial charge in [0, 0.05) is 18.3 Å². The Morgan fingerprint density at radius 3 is 2.61 bits per heavy atom. The smallest absolute Gasteiger partial charge is 0.306 e. The normalized spacial score (nSPS) is 39.2. The molecule has 1 aromatic carbocycles. The maximum atomic E-state index is 12.7. The molecule has 166 valence electrons. The number of hydrogen-bond donors (Lipinski definition) is 0. The summed E-state index contributed by atoms with van der Waals surface area (Å²) in [6, 6.07) is 10.2. The summed E-state index contributed by atoms with van der Waals surface area (Å²) in [7, 11) is 0. The van der Waals surface area contributed by atoms with Gasteiger partial charge in [0.15, 0.2) is 5.78 Å². The molecule has 3 saturated carbocycles. The summed E-state index contributed by atoms with van der Waals surface area (Å²) >= 11 is 0. The molecule has 0 unspecified atom stereocenters. The molecule has 3 fully saturated rings. The molecule has 0 aromatic heterocycles. The zero-order chi connectivity index (χ0) is 21.6. The minimum absolute atomic E-state index is 0.0375. The molecule has 0 aliphatic heterocycles. The van der Waals surface area contributed by atoms with Crippen molar-refractivity contribution in [3.05, 3.63) is 47.5 Å². The lowest BCUT2D eigenvalue weighted by atomic mass is 9.47. The largest absolute Gasteiger partial charge is 0.462 e. The molecule has 0 radical (unpaired) electrons. The molecule has 31 heavy (non-hydrogen) atoms. The standard InChI is InChI=1S/C28H36O3/c1-27-16-14-21(29)18-20(27)9-10-22-23-11-12-25(28(23,2)17-15-24(22)27)31-26(30)13-8-19-6-4-3-5-7-19/h3-7,18,22-25H,8-17H2,1-2H3/t22-,23+,24+,25+,27-,28+/m1/s1. The highest BCUT2D eigenvalue weighted by Gasteiger charge is 2.59. The van der Waals surface area contributed by atoms with Gasteiger partial charge in [-0.3, -0.25) is 9.59 Å². The number of rotatable bonds is 4. The third-order valence-electron chi connectivity index (χ3n) is 9.61. The molecule has 3 nitrogen and oxygen atoms in total. The van der Waals surface area contributed by atoms with E-state index in [0.717, 1.165) is 32.1 Å². The summed E-state index contributed by atoms with van der Waals surface area (Å²) in [5, 5.41) is 0. The van der Waals surface area contributed by atoms with E-state index in [1.807, 2.05) is 24.3 Å². The molecule has 6 atom stereocenters. The van der Waals surface area contributed by atoms with Crippen molar-refractivity contribution in [1.29, 1.82) is 0 Å². The molecule has 0 heterocycles. The quantitative estimate of drug-likeness (QED) is 0.556. The van der Waals surface area contributed by atoms with Crippen LogP contribution < -0.4 is 0 Å². The summed E-state index contributed by atoms with van der Waals surface area (Å²) in [6.07, 6.45) is 11.8. The third-order valence-corrected chi connectivity index (χ3v) is 9.61. The highest BCUT2D eigenvalue weighted by atomic mass is 16.5. The summed E-state index contributed by atoms with van der Waals surface area (Å²) in [4.78, 5) is 24.7. The van der Waals surface area contributed by atoms with E-state index in [1.54, 1.807) is 0 Å². The van der Waals surface area contributed by atoms with E-state index in [1.165, 1.54) is 30.4 Å². The minimum Gasteiger partial charge on any atom is -0.462 e. The number of ketones is 1. The van der Waals surface area contributed by atoms with Gasteiger partial charge in [-0.25, -0.2) is 0 Å². The first-order valence-corrected chi connectivity index (χ1v) is 12.4. The van der Waals surface area contributed by atoms with Crippen molar-refractivity contribution in [3.63, 3.8) is 0 Å². The highest BCUT2D eigenvalue weighted by molar-refractivity contribution is 5.91. The Balaban J connectivity index is 1.26. The number of allylic oxidation sites excluding steroid dienone is 1. The van der Waals surface area contributed by atoms with Crippen molar-refractivity contribution in [2.24, 2.45) is 28.6 Å². The second-order valence-electron chi connectivity index (χ2n) is 11.1. The first kappa shape index (κ1) is 21.0. The lowest BCUT2D eigenvalue weighted by molar-refractivity contribution is -0.159. The van der Waals surface area contributed by atoms with Crippen molar-refractivity contribution >= 4 is 11.8 Å². The van der Waals surface area contributed by atoms with Gasteiger partial charge in [-0.15, -0.1) is 0 Å². The number of fused-ring (bicyclic) bond motifs is 5. The molecule has 0 bridgehead atoms. The van der Waals surface area contributed by atoms with E-state index in [-0.39, 0.29) is 22.9 Å². The minimum atomic E-state index is -0.0375. The van der Waals surface area contributed by atoms with Gasteiger partial charge in [-0.05, 0) is 86.2 Å². The summed E-state index contributed by atoms with van der Waals surface area (Å²) in [5.74, 6) is 2.34. The summed E-state index contributed by atoms with van der Waals surface area (Å²) in [5.41, 5.74) is 2.95. The van der Waals surface area contributed by atoms with Crippen LogP contribution in [-0.4, -0.2) is 17.9 Å². The van der Waals surface area contributed by atoms with Crippen molar-refractivity contribution in [3.8, 4) is 0 Å². The van der Waals surface area contributed by atoms with Crippen LogP contribution in [0.25, 0.3) is 0 Å². The van der Waals surface area contributed by atoms with E-state index >= 15 is 0 Å². The van der Waals surface area contributed by atoms with Gasteiger partial charge in [0.1, 0.15) is 6.10 Å². The lowest BCUT2D eigenvalue weighted by Gasteiger charge is -2.57. The second-order valence-corrected chi connectivity index (χ2v) is 11.1. The SMILES string of the molecule is C[C@]12CC[C@H]3[C@H](CCC4=CC(=O)CC[C@]43C)[C@@H]1CC[C@@H]2OC(=O)CCc1ccccc1. The molecule has 0 saturated heterocycles. The number of esters is 1. The number of aryl methyl sites for hydroxylation is 1. The third kappa shape index (κ3) is 3.58. The molecular weight excluding hydrogens is 384 g/mol. The van der Waals surface area contributed by atoms with Gasteiger partial charge < -0.3 is 4.74 Å². The van der Waals surface area contributed by atoms with Crippen LogP contribution in [-0.2, 0) is 20.7 Å². The molecular formula is C28H36O3. The summed E-state index contributed by atoms with van der Waals surface area (Å²) in [6.45, 7) is 4.83.